The highest BCUT2D eigenvalue weighted by atomic mass is 16.4. The molecule has 0 aliphatic rings. The molecule has 0 fully saturated rings. The Balaban J connectivity index is 0.000000156. The molecule has 16 aromatic rings. The molecule has 4 aromatic carbocycles. The third-order valence-electron chi connectivity index (χ3n) is 21.2. The Hall–Kier alpha value is -10.7. The van der Waals surface area contributed by atoms with E-state index >= 15 is 0 Å². The van der Waals surface area contributed by atoms with E-state index < -0.39 is 71.1 Å². The molecule has 0 aliphatic heterocycles. The van der Waals surface area contributed by atoms with Crippen LogP contribution in [-0.4, -0.2) is 19.9 Å². The highest BCUT2D eigenvalue weighted by Crippen LogP contribution is 2.43. The van der Waals surface area contributed by atoms with E-state index in [-0.39, 0.29) is 50.6 Å². The van der Waals surface area contributed by atoms with Crippen molar-refractivity contribution < 1.29 is 67.5 Å². The molecule has 2 atom stereocenters. The van der Waals surface area contributed by atoms with Crippen LogP contribution in [0.2, 0.25) is 0 Å². The first-order valence-electron chi connectivity index (χ1n) is 51.0. The molecule has 16 rings (SSSR count). The van der Waals surface area contributed by atoms with E-state index in [1.165, 1.54) is 53.1 Å². The second-order valence-corrected chi connectivity index (χ2v) is 32.8. The summed E-state index contributed by atoms with van der Waals surface area (Å²) in [4.78, 5) is 18.7. The van der Waals surface area contributed by atoms with Crippen molar-refractivity contribution in [2.24, 2.45) is 51.3 Å². The van der Waals surface area contributed by atoms with Crippen LogP contribution in [0, 0.1) is 78.3 Å². The molecule has 0 N–H and O–H groups in total. The van der Waals surface area contributed by atoms with Crippen molar-refractivity contribution in [3.8, 4) is 45.0 Å². The summed E-state index contributed by atoms with van der Waals surface area (Å²) in [7, 11) is 7.19. The van der Waals surface area contributed by atoms with Crippen molar-refractivity contribution in [2.45, 2.75) is 209 Å². The minimum atomic E-state index is -3.02. The van der Waals surface area contributed by atoms with Gasteiger partial charge in [0, 0.05) is 144 Å². The van der Waals surface area contributed by atoms with E-state index in [0.717, 1.165) is 138 Å². The van der Waals surface area contributed by atoms with Gasteiger partial charge in [-0.1, -0.05) is 152 Å². The Morgan fingerprint density at radius 3 is 0.939 bits per heavy atom. The Bertz CT molecular complexity index is 7440. The zero-order valence-electron chi connectivity index (χ0n) is 93.4. The predicted octanol–water partition coefficient (Wildman–Crippen LogP) is 24.9. The van der Waals surface area contributed by atoms with Crippen molar-refractivity contribution in [3.63, 3.8) is 0 Å². The summed E-state index contributed by atoms with van der Waals surface area (Å²) in [5.41, 5.74) is 19.9. The van der Waals surface area contributed by atoms with Crippen LogP contribution in [0.5, 0.6) is 0 Å². The second-order valence-electron chi connectivity index (χ2n) is 32.8. The number of benzene rings is 4. The summed E-state index contributed by atoms with van der Waals surface area (Å²) in [5, 5.41) is 7.27. The fourth-order valence-electron chi connectivity index (χ4n) is 15.3. The van der Waals surface area contributed by atoms with Gasteiger partial charge in [-0.3, -0.25) is 0 Å². The van der Waals surface area contributed by atoms with Crippen LogP contribution in [0.25, 0.3) is 133 Å². The number of nitrogens with zero attached hydrogens (tertiary/aromatic N) is 8. The zero-order chi connectivity index (χ0) is 102. The molecule has 2 unspecified atom stereocenters. The lowest BCUT2D eigenvalue weighted by Gasteiger charge is -2.19. The second kappa shape index (κ2) is 33.2. The van der Waals surface area contributed by atoms with Crippen LogP contribution in [0.15, 0.2) is 164 Å². The van der Waals surface area contributed by atoms with Crippen LogP contribution in [0.1, 0.15) is 237 Å². The van der Waals surface area contributed by atoms with Gasteiger partial charge in [0.2, 0.25) is 45.6 Å². The summed E-state index contributed by atoms with van der Waals surface area (Å²) >= 11 is 0. The maximum Gasteiger partial charge on any atom is 0.227 e. The number of aryl methyl sites for hydroxylation is 14. The van der Waals surface area contributed by atoms with Crippen LogP contribution in [-0.2, 0) is 66.6 Å². The Morgan fingerprint density at radius 1 is 0.365 bits per heavy atom. The lowest BCUT2D eigenvalue weighted by atomic mass is 9.86. The zero-order valence-corrected chi connectivity index (χ0v) is 70.4. The van der Waals surface area contributed by atoms with Crippen LogP contribution in [0.4, 0.5) is 0 Å². The predicted molar refractivity (Wildman–Crippen MR) is 476 cm³/mol. The normalized spacial score (nSPS) is 16.9. The fraction of sp³-hybridized carbons (Fsp3) is 0.379. The molecule has 0 spiro atoms. The summed E-state index contributed by atoms with van der Waals surface area (Å²) < 4.78 is 221. The van der Waals surface area contributed by atoms with Gasteiger partial charge in [-0.2, -0.15) is 0 Å². The molecule has 0 bridgehead atoms. The van der Waals surface area contributed by atoms with Gasteiger partial charge in [-0.15, -0.1) is 0 Å². The molecular formula is C103H122N8O4+4. The van der Waals surface area contributed by atoms with Gasteiger partial charge in [-0.25, -0.2) is 38.2 Å². The van der Waals surface area contributed by atoms with Crippen LogP contribution in [0.3, 0.4) is 0 Å². The summed E-state index contributed by atoms with van der Waals surface area (Å²) in [6.45, 7) is 20.8. The number of hydrogen-bond donors (Lipinski definition) is 0. The average Bonchev–Trinajstić information content (AvgIpc) is 1.08. The van der Waals surface area contributed by atoms with Crippen molar-refractivity contribution in [1.82, 2.24) is 19.9 Å². The highest BCUT2D eigenvalue weighted by molar-refractivity contribution is 6.12. The Morgan fingerprint density at radius 2 is 0.652 bits per heavy atom. The number of furan rings is 4. The summed E-state index contributed by atoms with van der Waals surface area (Å²) in [6.07, 6.45) is 1.55. The monoisotopic (exact) mass is 1560 g/mol. The van der Waals surface area contributed by atoms with Gasteiger partial charge in [0.1, 0.15) is 28.2 Å². The molecule has 0 saturated heterocycles. The van der Waals surface area contributed by atoms with Gasteiger partial charge in [0.25, 0.3) is 0 Å². The van der Waals surface area contributed by atoms with Gasteiger partial charge >= 0.3 is 0 Å². The van der Waals surface area contributed by atoms with E-state index in [1.54, 1.807) is 54.8 Å². The van der Waals surface area contributed by atoms with E-state index in [9.17, 15) is 0 Å². The van der Waals surface area contributed by atoms with E-state index in [4.69, 9.17) is 59.2 Å². The molecule has 12 heterocycles. The molecule has 0 aliphatic carbocycles. The van der Waals surface area contributed by atoms with Crippen LogP contribution < -0.4 is 18.3 Å². The summed E-state index contributed by atoms with van der Waals surface area (Å²) in [5.74, 6) is -5.20. The third-order valence-corrected chi connectivity index (χ3v) is 21.2. The molecule has 0 amide bonds. The smallest absolute Gasteiger partial charge is 0.227 e. The average molecular weight is 1560 g/mol. The molecule has 115 heavy (non-hydrogen) atoms. The maximum absolute atomic E-state index is 8.77. The Kier molecular flexibility index (Phi) is 16.6. The molecule has 0 saturated carbocycles. The van der Waals surface area contributed by atoms with Gasteiger partial charge in [0.15, 0.2) is 47.1 Å². The molecule has 12 nitrogen and oxygen atoms in total. The fourth-order valence-corrected chi connectivity index (χ4v) is 15.3. The van der Waals surface area contributed by atoms with E-state index in [0.29, 0.717) is 62.1 Å². The van der Waals surface area contributed by atoms with E-state index in [1.807, 2.05) is 114 Å². The van der Waals surface area contributed by atoms with Crippen molar-refractivity contribution in [2.75, 3.05) is 0 Å². The Labute approximate surface area is 714 Å². The molecule has 12 aromatic heterocycles. The number of aromatic nitrogens is 8. The largest absolute Gasteiger partial charge is 0.437 e. The standard InChI is InChI=1S/3C26H31N2O.C25H29N2O/c2*1-15(2)12-19-13-23(28(7)14-18(19)6)24-17(5)8-9-20-21-10-11-22(16(3)4)27-26(21)29-25(20)24;1-8-19-10-12-21-20-11-9-16(2)23(24(20)29-25(21)27-19)22-13-18(14-26(4,5)6)17(3)15-28(22)7;1-7-19-9-11-21-20-10-8-16(4)23(24(20)28-25(21)26-19)22-13-18(12-15(2)3)17(5)14-27(22)6/h2*8-11,13-16H,12H2,1-7H3;9-13,15H,8,14H2,1-7H3;8-11,13-15H,7,12H2,1-6H3/q4*+1/i1D3,6D3,12D2,15D;6D3,12D2;;2D3,5D3,12D2,15D. The number of rotatable bonds is 15. The van der Waals surface area contributed by atoms with Crippen LogP contribution >= 0.6 is 0 Å². The number of pyridine rings is 8. The molecule has 594 valence electrons. The molecule has 0 radical (unpaired) electrons. The minimum absolute atomic E-state index is 0.0233. The SMILES string of the molecule is CCc1ccc2c(n1)oc1c(-c3cc(CC(C)(C)C)c(C)c[n+]3C)c(C)ccc12.[2H]C([2H])([2H])c1c[n+](C)c(-c2c(C)ccc3c2oc2nc(C(C)C)ccc23)cc1C([2H])([2H])C(C)C.[2H]C([2H])([2H])c1c[n+](C)c(-c2c(C)ccc3c2oc2nc(C(C)C)ccc23)cc1C([2H])([2H])C([2H])(C)C([2H])([2H])[2H].[2H]C([2H])([2H])c1c[n+](C)c(-c2c(C)ccc3c2oc2nc(CC)ccc23)cc1C([2H])([2H])C([2H])(C)C([2H])([2H])[2H]. The summed E-state index contributed by atoms with van der Waals surface area (Å²) in [6, 6.07) is 38.8. The van der Waals surface area contributed by atoms with Gasteiger partial charge < -0.3 is 17.7 Å². The molecule has 12 heteroatoms. The number of fused-ring (bicyclic) bond motifs is 12. The maximum atomic E-state index is 8.77. The van der Waals surface area contributed by atoms with Gasteiger partial charge in [-0.05, 0) is 222 Å². The third kappa shape index (κ3) is 16.9. The number of hydrogen-bond acceptors (Lipinski definition) is 8. The first-order chi connectivity index (χ1) is 63.6. The quantitative estimate of drug-likeness (QED) is 0.0931. The lowest BCUT2D eigenvalue weighted by Crippen LogP contribution is -2.32. The van der Waals surface area contributed by atoms with Gasteiger partial charge in [0.05, 0.1) is 22.3 Å². The minimum Gasteiger partial charge on any atom is -0.437 e. The highest BCUT2D eigenvalue weighted by Gasteiger charge is 2.30. The lowest BCUT2D eigenvalue weighted by molar-refractivity contribution is -0.660. The van der Waals surface area contributed by atoms with E-state index in [2.05, 4.69) is 114 Å². The van der Waals surface area contributed by atoms with Crippen molar-refractivity contribution in [3.05, 3.63) is 236 Å². The first kappa shape index (κ1) is 57.3. The van der Waals surface area contributed by atoms with Crippen molar-refractivity contribution in [1.29, 1.82) is 0 Å². The van der Waals surface area contributed by atoms with Crippen molar-refractivity contribution >= 4 is 88.3 Å². The molecular weight excluding hydrogens is 1410 g/mol. The topological polar surface area (TPSA) is 120 Å². The first-order valence-corrected chi connectivity index (χ1v) is 39.5.